The van der Waals surface area contributed by atoms with Crippen molar-refractivity contribution in [3.63, 3.8) is 0 Å². The fraction of sp³-hybridized carbons (Fsp3) is 1.00. The lowest BCUT2D eigenvalue weighted by molar-refractivity contribution is 0.530. The Balaban J connectivity index is 2.14. The zero-order chi connectivity index (χ0) is 6.69. The highest BCUT2D eigenvalue weighted by Crippen LogP contribution is 2.35. The van der Waals surface area contributed by atoms with Gasteiger partial charge in [0.05, 0.1) is 15.7 Å². The third-order valence-electron chi connectivity index (χ3n) is 2.16. The van der Waals surface area contributed by atoms with Gasteiger partial charge in [0, 0.05) is 0 Å². The fourth-order valence-electron chi connectivity index (χ4n) is 1.61. The van der Waals surface area contributed by atoms with Crippen LogP contribution in [-0.4, -0.2) is 15.7 Å². The molecule has 46 valence electrons. The summed E-state index contributed by atoms with van der Waals surface area (Å²) >= 11 is 0. The van der Waals surface area contributed by atoms with Crippen molar-refractivity contribution in [3.8, 4) is 0 Å². The second kappa shape index (κ2) is 3.34. The Hall–Kier alpha value is 0.130. The molecule has 0 heterocycles. The number of hydrogen-bond donors (Lipinski definition) is 0. The van der Waals surface area contributed by atoms with Gasteiger partial charge in [-0.25, -0.2) is 0 Å². The summed E-state index contributed by atoms with van der Waals surface area (Å²) in [6, 6.07) is 0. The van der Waals surface area contributed by atoms with Crippen LogP contribution < -0.4 is 0 Å². The van der Waals surface area contributed by atoms with E-state index in [1.807, 2.05) is 0 Å². The molecule has 0 bridgehead atoms. The van der Waals surface area contributed by atoms with Crippen LogP contribution in [0.4, 0.5) is 0 Å². The quantitative estimate of drug-likeness (QED) is 0.484. The smallest absolute Gasteiger partial charge is 0.0699 e. The predicted octanol–water partition coefficient (Wildman–Crippen LogP) is 1.72. The minimum Gasteiger partial charge on any atom is -0.0884 e. The fourth-order valence-corrected chi connectivity index (χ4v) is 1.61. The van der Waals surface area contributed by atoms with Crippen LogP contribution in [0.1, 0.15) is 25.7 Å². The first-order chi connectivity index (χ1) is 4.33. The van der Waals surface area contributed by atoms with E-state index in [1.165, 1.54) is 25.7 Å². The van der Waals surface area contributed by atoms with Gasteiger partial charge in [-0.05, 0) is 5.92 Å². The molecule has 1 fully saturated rings. The monoisotopic (exact) mass is 118 g/mol. The summed E-state index contributed by atoms with van der Waals surface area (Å²) in [6.45, 7) is 0. The normalized spacial score (nSPS) is 35.1. The average molecular weight is 118 g/mol. The zero-order valence-electron chi connectivity index (χ0n) is 5.84. The molecule has 0 N–H and O–H groups in total. The lowest BCUT2D eigenvalue weighted by Crippen LogP contribution is -1.92. The molecule has 0 aliphatic heterocycles. The van der Waals surface area contributed by atoms with Crippen molar-refractivity contribution in [1.82, 2.24) is 0 Å². The Kier molecular flexibility index (Phi) is 2.68. The molecule has 1 aliphatic carbocycles. The molecule has 2 atom stereocenters. The SMILES string of the molecule is [B]CCC1CCC([B])C1. The van der Waals surface area contributed by atoms with Crippen molar-refractivity contribution in [2.75, 3.05) is 0 Å². The summed E-state index contributed by atoms with van der Waals surface area (Å²) in [5.74, 6) is 1.31. The zero-order valence-corrected chi connectivity index (χ0v) is 5.84. The standard InChI is InChI=1S/C7H12B2/c8-4-3-6-1-2-7(9)5-6/h6-7H,1-5H2. The van der Waals surface area contributed by atoms with Gasteiger partial charge >= 0.3 is 0 Å². The van der Waals surface area contributed by atoms with E-state index in [0.29, 0.717) is 5.82 Å². The Morgan fingerprint density at radius 1 is 1.33 bits per heavy atom. The second-order valence-corrected chi connectivity index (χ2v) is 3.02. The molecule has 9 heavy (non-hydrogen) atoms. The highest BCUT2D eigenvalue weighted by molar-refractivity contribution is 6.11. The summed E-state index contributed by atoms with van der Waals surface area (Å²) in [5.41, 5.74) is 0. The molecular formula is C7H12B2. The Labute approximate surface area is 60.2 Å². The third kappa shape index (κ3) is 2.08. The van der Waals surface area contributed by atoms with Crippen LogP contribution in [0.15, 0.2) is 0 Å². The van der Waals surface area contributed by atoms with E-state index in [2.05, 4.69) is 0 Å². The first-order valence-corrected chi connectivity index (χ1v) is 3.78. The van der Waals surface area contributed by atoms with Gasteiger partial charge in [0.15, 0.2) is 0 Å². The maximum absolute atomic E-state index is 5.71. The molecule has 2 unspecified atom stereocenters. The van der Waals surface area contributed by atoms with Crippen LogP contribution in [0.5, 0.6) is 0 Å². The minimum atomic E-state index is 0.474. The predicted molar refractivity (Wildman–Crippen MR) is 42.0 cm³/mol. The van der Waals surface area contributed by atoms with Gasteiger partial charge in [0.2, 0.25) is 0 Å². The van der Waals surface area contributed by atoms with Crippen molar-refractivity contribution in [2.45, 2.75) is 37.8 Å². The Morgan fingerprint density at radius 3 is 2.56 bits per heavy atom. The van der Waals surface area contributed by atoms with E-state index in [9.17, 15) is 0 Å². The van der Waals surface area contributed by atoms with E-state index < -0.39 is 0 Å². The van der Waals surface area contributed by atoms with Gasteiger partial charge in [0.1, 0.15) is 0 Å². The Bertz CT molecular complexity index is 81.0. The van der Waals surface area contributed by atoms with Crippen LogP contribution >= 0.6 is 0 Å². The number of rotatable bonds is 2. The molecular weight excluding hydrogens is 106 g/mol. The molecule has 0 aromatic rings. The maximum atomic E-state index is 5.71. The molecule has 4 radical (unpaired) electrons. The maximum Gasteiger partial charge on any atom is 0.0699 e. The molecule has 0 nitrogen and oxygen atoms in total. The van der Waals surface area contributed by atoms with Crippen LogP contribution in [-0.2, 0) is 0 Å². The van der Waals surface area contributed by atoms with Crippen LogP contribution in [0.25, 0.3) is 0 Å². The highest BCUT2D eigenvalue weighted by Gasteiger charge is 2.19. The van der Waals surface area contributed by atoms with Gasteiger partial charge in [-0.15, -0.1) is 0 Å². The van der Waals surface area contributed by atoms with Gasteiger partial charge in [-0.2, -0.15) is 0 Å². The van der Waals surface area contributed by atoms with Gasteiger partial charge < -0.3 is 0 Å². The summed E-state index contributed by atoms with van der Waals surface area (Å²) in [7, 11) is 11.1. The molecule has 1 rings (SSSR count). The van der Waals surface area contributed by atoms with E-state index in [-0.39, 0.29) is 0 Å². The highest BCUT2D eigenvalue weighted by atomic mass is 14.2. The van der Waals surface area contributed by atoms with E-state index in [0.717, 1.165) is 12.2 Å². The molecule has 0 amide bonds. The van der Waals surface area contributed by atoms with E-state index in [1.54, 1.807) is 0 Å². The molecule has 1 aliphatic rings. The Morgan fingerprint density at radius 2 is 2.11 bits per heavy atom. The van der Waals surface area contributed by atoms with Gasteiger partial charge in [-0.1, -0.05) is 37.8 Å². The van der Waals surface area contributed by atoms with Gasteiger partial charge in [-0.3, -0.25) is 0 Å². The first-order valence-electron chi connectivity index (χ1n) is 3.78. The molecule has 0 aromatic carbocycles. The van der Waals surface area contributed by atoms with Gasteiger partial charge in [0.25, 0.3) is 0 Å². The van der Waals surface area contributed by atoms with E-state index >= 15 is 0 Å². The van der Waals surface area contributed by atoms with E-state index in [4.69, 9.17) is 15.7 Å². The largest absolute Gasteiger partial charge is 0.0884 e. The van der Waals surface area contributed by atoms with Crippen molar-refractivity contribution in [2.24, 2.45) is 5.92 Å². The van der Waals surface area contributed by atoms with Crippen molar-refractivity contribution in [3.05, 3.63) is 0 Å². The molecule has 0 spiro atoms. The molecule has 0 aromatic heterocycles. The summed E-state index contributed by atoms with van der Waals surface area (Å²) in [6.07, 6.45) is 5.73. The number of hydrogen-bond acceptors (Lipinski definition) is 0. The van der Waals surface area contributed by atoms with Crippen LogP contribution in [0.2, 0.25) is 12.1 Å². The van der Waals surface area contributed by atoms with Crippen molar-refractivity contribution in [1.29, 1.82) is 0 Å². The van der Waals surface area contributed by atoms with Crippen LogP contribution in [0, 0.1) is 5.92 Å². The first kappa shape index (κ1) is 7.24. The topological polar surface area (TPSA) is 0 Å². The average Bonchev–Trinajstić information content (AvgIpc) is 2.17. The van der Waals surface area contributed by atoms with Crippen molar-refractivity contribution < 1.29 is 0 Å². The molecule has 2 heteroatoms. The second-order valence-electron chi connectivity index (χ2n) is 3.02. The van der Waals surface area contributed by atoms with Crippen LogP contribution in [0.3, 0.4) is 0 Å². The molecule has 1 saturated carbocycles. The minimum absolute atomic E-state index is 0.474. The summed E-state index contributed by atoms with van der Waals surface area (Å²) in [5, 5.41) is 0. The van der Waals surface area contributed by atoms with Crippen molar-refractivity contribution >= 4 is 15.7 Å². The lowest BCUT2D eigenvalue weighted by Gasteiger charge is -2.05. The molecule has 0 saturated heterocycles. The summed E-state index contributed by atoms with van der Waals surface area (Å²) < 4.78 is 0. The summed E-state index contributed by atoms with van der Waals surface area (Å²) in [4.78, 5) is 0. The third-order valence-corrected chi connectivity index (χ3v) is 2.16. The lowest BCUT2D eigenvalue weighted by atomic mass is 9.84.